The van der Waals surface area contributed by atoms with Crippen molar-refractivity contribution in [1.29, 1.82) is 0 Å². The highest BCUT2D eigenvalue weighted by Crippen LogP contribution is 2.35. The monoisotopic (exact) mass is 419 g/mol. The fourth-order valence-corrected chi connectivity index (χ4v) is 5.08. The van der Waals surface area contributed by atoms with E-state index in [1.165, 1.54) is 6.07 Å². The molecule has 1 aliphatic carbocycles. The number of thiophene rings is 1. The molecule has 29 heavy (non-hydrogen) atoms. The molecule has 1 saturated heterocycles. The van der Waals surface area contributed by atoms with Crippen LogP contribution in [0, 0.1) is 10.1 Å². The number of carbonyl (C=O) groups excluding carboxylic acids is 1. The zero-order chi connectivity index (χ0) is 20.3. The number of amides is 1. The Bertz CT molecular complexity index is 848. The van der Waals surface area contributed by atoms with Crippen molar-refractivity contribution < 1.29 is 18.9 Å². The lowest BCUT2D eigenvalue weighted by Gasteiger charge is -2.49. The van der Waals surface area contributed by atoms with Gasteiger partial charge in [0.15, 0.2) is 0 Å². The number of nitro groups is 1. The smallest absolute Gasteiger partial charge is 0.404 e. The van der Waals surface area contributed by atoms with E-state index in [1.54, 1.807) is 17.4 Å². The van der Waals surface area contributed by atoms with Gasteiger partial charge in [0.25, 0.3) is 0 Å². The second-order valence-electron chi connectivity index (χ2n) is 7.74. The SMILES string of the molecule is O=C(Cc1cccs1)N[C@H]1CCCC[C@]12CN(Cc1ccc([N+](=O)[O-])o1)CCO2. The van der Waals surface area contributed by atoms with Crippen molar-refractivity contribution in [2.75, 3.05) is 19.7 Å². The summed E-state index contributed by atoms with van der Waals surface area (Å²) in [6.07, 6.45) is 4.32. The average Bonchev–Trinajstić information content (AvgIpc) is 3.36. The molecule has 4 rings (SSSR count). The van der Waals surface area contributed by atoms with Crippen LogP contribution in [-0.4, -0.2) is 47.1 Å². The van der Waals surface area contributed by atoms with Crippen LogP contribution >= 0.6 is 11.3 Å². The Morgan fingerprint density at radius 1 is 1.38 bits per heavy atom. The van der Waals surface area contributed by atoms with Gasteiger partial charge < -0.3 is 14.5 Å². The topological polar surface area (TPSA) is 97.9 Å². The first kappa shape index (κ1) is 20.1. The summed E-state index contributed by atoms with van der Waals surface area (Å²) in [7, 11) is 0. The second-order valence-corrected chi connectivity index (χ2v) is 8.78. The number of nitrogens with zero attached hydrogens (tertiary/aromatic N) is 2. The van der Waals surface area contributed by atoms with Crippen LogP contribution in [0.1, 0.15) is 36.3 Å². The molecule has 1 amide bonds. The maximum Gasteiger partial charge on any atom is 0.433 e. The number of hydrogen-bond acceptors (Lipinski definition) is 7. The first-order chi connectivity index (χ1) is 14.0. The maximum absolute atomic E-state index is 12.6. The number of carbonyl (C=O) groups is 1. The Balaban J connectivity index is 1.42. The van der Waals surface area contributed by atoms with Gasteiger partial charge in [0.2, 0.25) is 5.91 Å². The fourth-order valence-electron chi connectivity index (χ4n) is 4.38. The zero-order valence-electron chi connectivity index (χ0n) is 16.2. The minimum Gasteiger partial charge on any atom is -0.404 e. The van der Waals surface area contributed by atoms with Gasteiger partial charge in [-0.25, -0.2) is 0 Å². The normalized spacial score (nSPS) is 25.2. The highest BCUT2D eigenvalue weighted by atomic mass is 32.1. The molecule has 0 aromatic carbocycles. The Hall–Kier alpha value is -2.23. The molecule has 2 aliphatic rings. The Labute approximate surface area is 173 Å². The summed E-state index contributed by atoms with van der Waals surface area (Å²) in [4.78, 5) is 26.2. The molecule has 2 fully saturated rings. The first-order valence-corrected chi connectivity index (χ1v) is 10.8. The molecule has 156 valence electrons. The summed E-state index contributed by atoms with van der Waals surface area (Å²) >= 11 is 1.59. The lowest BCUT2D eigenvalue weighted by molar-refractivity contribution is -0.402. The maximum atomic E-state index is 12.6. The predicted octanol–water partition coefficient (Wildman–Crippen LogP) is 3.12. The molecular formula is C20H25N3O5S. The van der Waals surface area contributed by atoms with Crippen molar-refractivity contribution in [3.63, 3.8) is 0 Å². The molecular weight excluding hydrogens is 394 g/mol. The Morgan fingerprint density at radius 3 is 3.03 bits per heavy atom. The largest absolute Gasteiger partial charge is 0.433 e. The summed E-state index contributed by atoms with van der Waals surface area (Å²) in [6.45, 7) is 2.46. The van der Waals surface area contributed by atoms with Gasteiger partial charge in [0.05, 0.1) is 31.7 Å². The van der Waals surface area contributed by atoms with E-state index in [9.17, 15) is 14.9 Å². The van der Waals surface area contributed by atoms with E-state index in [2.05, 4.69) is 10.2 Å². The summed E-state index contributed by atoms with van der Waals surface area (Å²) in [5.74, 6) is 0.364. The molecule has 2 aromatic rings. The van der Waals surface area contributed by atoms with E-state index < -0.39 is 10.5 Å². The standard InChI is InChI=1S/C20H25N3O5S/c24-18(12-16-4-3-11-29-16)21-17-5-1-2-8-20(17)14-22(9-10-27-20)13-15-6-7-19(28-15)23(25)26/h3-4,6-7,11,17H,1-2,5,8-10,12-14H2,(H,21,24)/t17-,20-/m0/s1. The van der Waals surface area contributed by atoms with E-state index in [4.69, 9.17) is 9.15 Å². The van der Waals surface area contributed by atoms with Crippen molar-refractivity contribution in [3.8, 4) is 0 Å². The highest BCUT2D eigenvalue weighted by molar-refractivity contribution is 7.10. The minimum atomic E-state index is -0.523. The fraction of sp³-hybridized carbons (Fsp3) is 0.550. The summed E-state index contributed by atoms with van der Waals surface area (Å²) in [5, 5.41) is 16.0. The molecule has 0 unspecified atom stereocenters. The molecule has 1 aliphatic heterocycles. The van der Waals surface area contributed by atoms with Gasteiger partial charge in [-0.3, -0.25) is 19.8 Å². The number of nitrogens with one attached hydrogen (secondary N) is 1. The number of rotatable bonds is 6. The van der Waals surface area contributed by atoms with Crippen molar-refractivity contribution in [3.05, 3.63) is 50.4 Å². The van der Waals surface area contributed by atoms with Crippen LogP contribution in [-0.2, 0) is 22.5 Å². The van der Waals surface area contributed by atoms with Crippen LogP contribution in [0.15, 0.2) is 34.1 Å². The molecule has 1 spiro atoms. The van der Waals surface area contributed by atoms with Gasteiger partial charge in [-0.15, -0.1) is 11.3 Å². The predicted molar refractivity (Wildman–Crippen MR) is 108 cm³/mol. The van der Waals surface area contributed by atoms with Gasteiger partial charge in [0, 0.05) is 18.0 Å². The van der Waals surface area contributed by atoms with Crippen molar-refractivity contribution in [2.45, 2.75) is 50.3 Å². The van der Waals surface area contributed by atoms with Crippen LogP contribution in [0.2, 0.25) is 0 Å². The van der Waals surface area contributed by atoms with E-state index in [0.29, 0.717) is 31.9 Å². The lowest BCUT2D eigenvalue weighted by atomic mass is 9.78. The number of morpholine rings is 1. The third kappa shape index (κ3) is 4.68. The summed E-state index contributed by atoms with van der Waals surface area (Å²) in [6, 6.07) is 6.94. The van der Waals surface area contributed by atoms with Crippen LogP contribution in [0.4, 0.5) is 5.88 Å². The van der Waals surface area contributed by atoms with Gasteiger partial charge in [-0.2, -0.15) is 0 Å². The molecule has 8 nitrogen and oxygen atoms in total. The minimum absolute atomic E-state index is 0.0288. The number of furan rings is 1. The Morgan fingerprint density at radius 2 is 2.28 bits per heavy atom. The van der Waals surface area contributed by atoms with E-state index in [1.807, 2.05) is 17.5 Å². The molecule has 0 radical (unpaired) electrons. The average molecular weight is 420 g/mol. The van der Waals surface area contributed by atoms with Gasteiger partial charge in [-0.1, -0.05) is 18.9 Å². The third-order valence-corrected chi connectivity index (χ3v) is 6.60. The number of ether oxygens (including phenoxy) is 1. The third-order valence-electron chi connectivity index (χ3n) is 5.72. The quantitative estimate of drug-likeness (QED) is 0.571. The summed E-state index contributed by atoms with van der Waals surface area (Å²) in [5.41, 5.74) is -0.417. The molecule has 0 bridgehead atoms. The van der Waals surface area contributed by atoms with Gasteiger partial charge in [-0.05, 0) is 30.4 Å². The molecule has 2 atom stereocenters. The second kappa shape index (κ2) is 8.64. The Kier molecular flexibility index (Phi) is 5.98. The molecule has 1 N–H and O–H groups in total. The van der Waals surface area contributed by atoms with Crippen molar-refractivity contribution in [2.24, 2.45) is 0 Å². The molecule has 1 saturated carbocycles. The van der Waals surface area contributed by atoms with E-state index >= 15 is 0 Å². The molecule has 9 heteroatoms. The van der Waals surface area contributed by atoms with Crippen LogP contribution in [0.5, 0.6) is 0 Å². The van der Waals surface area contributed by atoms with Crippen LogP contribution in [0.3, 0.4) is 0 Å². The van der Waals surface area contributed by atoms with Crippen molar-refractivity contribution in [1.82, 2.24) is 10.2 Å². The van der Waals surface area contributed by atoms with E-state index in [0.717, 1.165) is 37.1 Å². The molecule has 2 aromatic heterocycles. The lowest BCUT2D eigenvalue weighted by Crippen LogP contribution is -2.64. The number of hydrogen-bond donors (Lipinski definition) is 1. The van der Waals surface area contributed by atoms with Gasteiger partial charge >= 0.3 is 5.88 Å². The highest BCUT2D eigenvalue weighted by Gasteiger charge is 2.45. The first-order valence-electron chi connectivity index (χ1n) is 9.95. The molecule has 3 heterocycles. The van der Waals surface area contributed by atoms with Crippen LogP contribution in [0.25, 0.3) is 0 Å². The summed E-state index contributed by atoms with van der Waals surface area (Å²) < 4.78 is 11.6. The van der Waals surface area contributed by atoms with Crippen LogP contribution < -0.4 is 5.32 Å². The van der Waals surface area contributed by atoms with Gasteiger partial charge in [0.1, 0.15) is 16.3 Å². The van der Waals surface area contributed by atoms with E-state index in [-0.39, 0.29) is 17.8 Å². The zero-order valence-corrected chi connectivity index (χ0v) is 17.0. The van der Waals surface area contributed by atoms with Crippen molar-refractivity contribution >= 4 is 23.1 Å².